The molecule has 0 bridgehead atoms. The van der Waals surface area contributed by atoms with Crippen molar-refractivity contribution in [3.05, 3.63) is 15.0 Å². The zero-order valence-corrected chi connectivity index (χ0v) is 13.5. The molecule has 1 saturated carbocycles. The van der Waals surface area contributed by atoms with Gasteiger partial charge >= 0.3 is 5.97 Å². The number of aromatic nitrogens is 1. The minimum atomic E-state index is -0.917. The Hall–Kier alpha value is -0.460. The number of nitrogens with zero attached hydrogens (tertiary/aromatic N) is 1. The Labute approximate surface area is 125 Å². The molecule has 1 aliphatic rings. The number of ether oxygens (including phenoxy) is 1. The second-order valence-electron chi connectivity index (χ2n) is 5.02. The van der Waals surface area contributed by atoms with Crippen LogP contribution in [0.2, 0.25) is 0 Å². The molecule has 106 valence electrons. The van der Waals surface area contributed by atoms with Crippen LogP contribution in [-0.4, -0.2) is 22.7 Å². The number of aliphatic hydroxyl groups is 1. The van der Waals surface area contributed by atoms with E-state index < -0.39 is 5.60 Å². The van der Waals surface area contributed by atoms with Crippen molar-refractivity contribution in [2.75, 3.05) is 6.61 Å². The van der Waals surface area contributed by atoms with E-state index in [0.29, 0.717) is 25.9 Å². The molecule has 1 N–H and O–H groups in total. The first kappa shape index (κ1) is 14.9. The highest BCUT2D eigenvalue weighted by Crippen LogP contribution is 2.45. The number of thiazole rings is 1. The molecule has 1 aromatic heterocycles. The molecular formula is C13H18BrNO3S. The summed E-state index contributed by atoms with van der Waals surface area (Å²) in [6, 6.07) is 0. The third-order valence-electron chi connectivity index (χ3n) is 3.80. The minimum absolute atomic E-state index is 0.00583. The van der Waals surface area contributed by atoms with Gasteiger partial charge in [0.2, 0.25) is 0 Å². The molecule has 0 saturated heterocycles. The predicted octanol–water partition coefficient (Wildman–Crippen LogP) is 3.09. The van der Waals surface area contributed by atoms with Crippen LogP contribution >= 0.6 is 27.3 Å². The lowest BCUT2D eigenvalue weighted by Gasteiger charge is -2.39. The maximum atomic E-state index is 11.8. The van der Waals surface area contributed by atoms with E-state index in [4.69, 9.17) is 4.74 Å². The third kappa shape index (κ3) is 3.01. The first-order valence-corrected chi connectivity index (χ1v) is 8.09. The van der Waals surface area contributed by atoms with Crippen LogP contribution in [0.25, 0.3) is 0 Å². The second-order valence-corrected chi connectivity index (χ2v) is 7.43. The Morgan fingerprint density at radius 2 is 2.47 bits per heavy atom. The number of rotatable bonds is 3. The van der Waals surface area contributed by atoms with Crippen molar-refractivity contribution in [2.24, 2.45) is 11.8 Å². The van der Waals surface area contributed by atoms with Crippen molar-refractivity contribution >= 4 is 33.2 Å². The lowest BCUT2D eigenvalue weighted by molar-refractivity contribution is -0.153. The van der Waals surface area contributed by atoms with Gasteiger partial charge in [-0.05, 0) is 48.0 Å². The van der Waals surface area contributed by atoms with Crippen LogP contribution in [0.5, 0.6) is 0 Å². The van der Waals surface area contributed by atoms with Gasteiger partial charge in [0, 0.05) is 0 Å². The molecule has 0 aromatic carbocycles. The van der Waals surface area contributed by atoms with Gasteiger partial charge in [-0.1, -0.05) is 6.92 Å². The first-order chi connectivity index (χ1) is 8.97. The molecule has 6 heteroatoms. The van der Waals surface area contributed by atoms with Crippen LogP contribution in [0.3, 0.4) is 0 Å². The van der Waals surface area contributed by atoms with Crippen LogP contribution in [-0.2, 0) is 15.1 Å². The van der Waals surface area contributed by atoms with Crippen molar-refractivity contribution in [1.82, 2.24) is 4.98 Å². The molecular weight excluding hydrogens is 330 g/mol. The molecule has 0 radical (unpaired) electrons. The average molecular weight is 348 g/mol. The van der Waals surface area contributed by atoms with E-state index in [1.54, 1.807) is 6.20 Å². The number of hydrogen-bond acceptors (Lipinski definition) is 5. The molecule has 1 aromatic rings. The second kappa shape index (κ2) is 5.89. The van der Waals surface area contributed by atoms with Crippen LogP contribution < -0.4 is 0 Å². The van der Waals surface area contributed by atoms with Crippen LogP contribution in [0.15, 0.2) is 9.98 Å². The van der Waals surface area contributed by atoms with Gasteiger partial charge in [-0.3, -0.25) is 4.79 Å². The van der Waals surface area contributed by atoms with Gasteiger partial charge in [0.05, 0.1) is 22.5 Å². The van der Waals surface area contributed by atoms with Crippen molar-refractivity contribution in [3.63, 3.8) is 0 Å². The topological polar surface area (TPSA) is 59.4 Å². The van der Waals surface area contributed by atoms with E-state index in [1.165, 1.54) is 11.3 Å². The molecule has 4 nitrogen and oxygen atoms in total. The largest absolute Gasteiger partial charge is 0.466 e. The fourth-order valence-electron chi connectivity index (χ4n) is 2.63. The maximum Gasteiger partial charge on any atom is 0.308 e. The maximum absolute atomic E-state index is 11.8. The summed E-state index contributed by atoms with van der Waals surface area (Å²) in [5.41, 5.74) is -0.917. The number of carbonyl (C=O) groups excluding carboxylic acids is 1. The standard InChI is InChI=1S/C13H18BrNO3S/c1-3-18-11(16)9-4-5-13(17,8(2)6-9)12-15-7-10(14)19-12/h7-9,17H,3-6H2,1-2H3. The average Bonchev–Trinajstić information content (AvgIpc) is 2.80. The Kier molecular flexibility index (Phi) is 4.63. The lowest BCUT2D eigenvalue weighted by atomic mass is 9.72. The highest BCUT2D eigenvalue weighted by molar-refractivity contribution is 9.11. The lowest BCUT2D eigenvalue weighted by Crippen LogP contribution is -2.41. The van der Waals surface area contributed by atoms with Crippen molar-refractivity contribution in [1.29, 1.82) is 0 Å². The van der Waals surface area contributed by atoms with E-state index in [2.05, 4.69) is 20.9 Å². The highest BCUT2D eigenvalue weighted by Gasteiger charge is 2.45. The first-order valence-electron chi connectivity index (χ1n) is 6.48. The van der Waals surface area contributed by atoms with E-state index in [1.807, 2.05) is 13.8 Å². The van der Waals surface area contributed by atoms with Gasteiger partial charge in [0.1, 0.15) is 10.6 Å². The van der Waals surface area contributed by atoms with E-state index in [0.717, 1.165) is 8.79 Å². The predicted molar refractivity (Wildman–Crippen MR) is 76.8 cm³/mol. The molecule has 0 spiro atoms. The van der Waals surface area contributed by atoms with Crippen LogP contribution in [0.4, 0.5) is 0 Å². The number of halogens is 1. The van der Waals surface area contributed by atoms with E-state index in [-0.39, 0.29) is 17.8 Å². The van der Waals surface area contributed by atoms with Crippen molar-refractivity contribution < 1.29 is 14.6 Å². The molecule has 0 amide bonds. The Morgan fingerprint density at radius 3 is 3.00 bits per heavy atom. The summed E-state index contributed by atoms with van der Waals surface area (Å²) < 4.78 is 5.98. The Balaban J connectivity index is 2.10. The molecule has 1 aliphatic carbocycles. The van der Waals surface area contributed by atoms with Gasteiger partial charge in [0.15, 0.2) is 0 Å². The van der Waals surface area contributed by atoms with Gasteiger partial charge in [-0.15, -0.1) is 11.3 Å². The van der Waals surface area contributed by atoms with Gasteiger partial charge in [-0.2, -0.15) is 0 Å². The summed E-state index contributed by atoms with van der Waals surface area (Å²) in [7, 11) is 0. The molecule has 1 fully saturated rings. The third-order valence-corrected chi connectivity index (χ3v) is 5.44. The SMILES string of the molecule is CCOC(=O)C1CCC(O)(c2ncc(Br)s2)C(C)C1. The van der Waals surface area contributed by atoms with Gasteiger partial charge < -0.3 is 9.84 Å². The quantitative estimate of drug-likeness (QED) is 0.853. The molecule has 3 atom stereocenters. The monoisotopic (exact) mass is 347 g/mol. The smallest absolute Gasteiger partial charge is 0.308 e. The number of carbonyl (C=O) groups is 1. The Bertz CT molecular complexity index is 464. The molecule has 3 unspecified atom stereocenters. The van der Waals surface area contributed by atoms with E-state index in [9.17, 15) is 9.90 Å². The van der Waals surface area contributed by atoms with Crippen LogP contribution in [0.1, 0.15) is 38.1 Å². The summed E-state index contributed by atoms with van der Waals surface area (Å²) >= 11 is 4.83. The van der Waals surface area contributed by atoms with Crippen LogP contribution in [0, 0.1) is 11.8 Å². The summed E-state index contributed by atoms with van der Waals surface area (Å²) in [4.78, 5) is 16.0. The minimum Gasteiger partial charge on any atom is -0.466 e. The highest BCUT2D eigenvalue weighted by atomic mass is 79.9. The number of esters is 1. The van der Waals surface area contributed by atoms with E-state index >= 15 is 0 Å². The summed E-state index contributed by atoms with van der Waals surface area (Å²) in [6.07, 6.45) is 3.56. The zero-order chi connectivity index (χ0) is 14.0. The Morgan fingerprint density at radius 1 is 1.74 bits per heavy atom. The zero-order valence-electron chi connectivity index (χ0n) is 11.1. The van der Waals surface area contributed by atoms with Gasteiger partial charge in [-0.25, -0.2) is 4.98 Å². The molecule has 19 heavy (non-hydrogen) atoms. The van der Waals surface area contributed by atoms with Gasteiger partial charge in [0.25, 0.3) is 0 Å². The summed E-state index contributed by atoms with van der Waals surface area (Å²) in [5, 5.41) is 11.6. The normalized spacial score (nSPS) is 31.2. The summed E-state index contributed by atoms with van der Waals surface area (Å²) in [6.45, 7) is 4.20. The fraction of sp³-hybridized carbons (Fsp3) is 0.692. The number of hydrogen-bond donors (Lipinski definition) is 1. The van der Waals surface area contributed by atoms with Crippen molar-refractivity contribution in [2.45, 2.75) is 38.7 Å². The fourth-order valence-corrected chi connectivity index (χ4v) is 4.06. The molecule has 2 rings (SSSR count). The summed E-state index contributed by atoms with van der Waals surface area (Å²) in [5.74, 6) is -0.246. The molecule has 0 aliphatic heterocycles. The molecule has 1 heterocycles. The van der Waals surface area contributed by atoms with Crippen molar-refractivity contribution in [3.8, 4) is 0 Å².